The smallest absolute Gasteiger partial charge is 0.478 e. The molecule has 0 bridgehead atoms. The van der Waals surface area contributed by atoms with Crippen molar-refractivity contribution in [1.82, 2.24) is 4.57 Å². The zero-order chi connectivity index (χ0) is 17.5. The molecule has 4 nitrogen and oxygen atoms in total. The summed E-state index contributed by atoms with van der Waals surface area (Å²) in [6.45, 7) is 2.26. The van der Waals surface area contributed by atoms with Crippen molar-refractivity contribution in [1.29, 1.82) is 0 Å². The fourth-order valence-electron chi connectivity index (χ4n) is 2.77. The van der Waals surface area contributed by atoms with E-state index in [1.165, 1.54) is 24.3 Å². The van der Waals surface area contributed by atoms with Crippen molar-refractivity contribution in [2.24, 2.45) is 5.92 Å². The summed E-state index contributed by atoms with van der Waals surface area (Å²) in [5, 5.41) is 9.33. The molecule has 0 unspecified atom stereocenters. The van der Waals surface area contributed by atoms with Gasteiger partial charge in [-0.25, -0.2) is 4.79 Å². The van der Waals surface area contributed by atoms with Gasteiger partial charge in [0.05, 0.1) is 11.3 Å². The number of alkyl halides is 3. The first-order chi connectivity index (χ1) is 11.3. The summed E-state index contributed by atoms with van der Waals surface area (Å²) in [6, 6.07) is 7.20. The molecule has 0 amide bonds. The zero-order valence-corrected chi connectivity index (χ0v) is 12.9. The lowest BCUT2D eigenvalue weighted by Crippen LogP contribution is -2.18. The molecule has 0 saturated heterocycles. The Morgan fingerprint density at radius 2 is 2.00 bits per heavy atom. The standard InChI is InChI=1S/C17H16F3NO3/c1-10-13(16(22)23)8-14(21(10)9-11-6-7-11)12-4-2-3-5-15(12)24-17(18,19)20/h2-5,8,11H,6-7,9H2,1H3,(H,22,23). The third-order valence-corrected chi connectivity index (χ3v) is 4.12. The molecule has 1 aliphatic carbocycles. The van der Waals surface area contributed by atoms with E-state index in [9.17, 15) is 23.1 Å². The lowest BCUT2D eigenvalue weighted by molar-refractivity contribution is -0.274. The van der Waals surface area contributed by atoms with Crippen molar-refractivity contribution in [2.45, 2.75) is 32.7 Å². The summed E-state index contributed by atoms with van der Waals surface area (Å²) in [6.07, 6.45) is -2.73. The normalized spacial score (nSPS) is 14.7. The SMILES string of the molecule is Cc1c(C(=O)O)cc(-c2ccccc2OC(F)(F)F)n1CC1CC1. The summed E-state index contributed by atoms with van der Waals surface area (Å²) in [7, 11) is 0. The van der Waals surface area contributed by atoms with E-state index in [0.717, 1.165) is 12.8 Å². The van der Waals surface area contributed by atoms with E-state index in [4.69, 9.17) is 0 Å². The number of carbonyl (C=O) groups is 1. The Kier molecular flexibility index (Phi) is 4.03. The molecule has 1 heterocycles. The molecule has 24 heavy (non-hydrogen) atoms. The molecular formula is C17H16F3NO3. The molecule has 2 aromatic rings. The summed E-state index contributed by atoms with van der Waals surface area (Å²) >= 11 is 0. The van der Waals surface area contributed by atoms with Crippen molar-refractivity contribution in [2.75, 3.05) is 0 Å². The van der Waals surface area contributed by atoms with Crippen LogP contribution in [0.3, 0.4) is 0 Å². The summed E-state index contributed by atoms with van der Waals surface area (Å²) in [5.41, 5.74) is 1.28. The quantitative estimate of drug-likeness (QED) is 0.874. The molecular weight excluding hydrogens is 323 g/mol. The number of nitrogens with zero attached hydrogens (tertiary/aromatic N) is 1. The summed E-state index contributed by atoms with van der Waals surface area (Å²) in [5.74, 6) is -0.999. The van der Waals surface area contributed by atoms with E-state index in [0.29, 0.717) is 23.9 Å². The number of benzene rings is 1. The van der Waals surface area contributed by atoms with Gasteiger partial charge < -0.3 is 14.4 Å². The number of rotatable bonds is 5. The van der Waals surface area contributed by atoms with E-state index in [-0.39, 0.29) is 16.9 Å². The Hall–Kier alpha value is -2.44. The van der Waals surface area contributed by atoms with Crippen LogP contribution in [0.2, 0.25) is 0 Å². The Morgan fingerprint density at radius 3 is 2.58 bits per heavy atom. The fourth-order valence-corrected chi connectivity index (χ4v) is 2.77. The number of aromatic carboxylic acids is 1. The molecule has 1 N–H and O–H groups in total. The van der Waals surface area contributed by atoms with Crippen molar-refractivity contribution < 1.29 is 27.8 Å². The van der Waals surface area contributed by atoms with Crippen molar-refractivity contribution in [3.05, 3.63) is 41.6 Å². The number of hydrogen-bond acceptors (Lipinski definition) is 2. The third kappa shape index (κ3) is 3.39. The summed E-state index contributed by atoms with van der Waals surface area (Å²) < 4.78 is 43.8. The van der Waals surface area contributed by atoms with Crippen molar-refractivity contribution >= 4 is 5.97 Å². The maximum absolute atomic E-state index is 12.6. The van der Waals surface area contributed by atoms with E-state index in [1.807, 2.05) is 0 Å². The monoisotopic (exact) mass is 339 g/mol. The molecule has 1 aromatic carbocycles. The number of para-hydroxylation sites is 1. The van der Waals surface area contributed by atoms with E-state index in [2.05, 4.69) is 4.74 Å². The van der Waals surface area contributed by atoms with Gasteiger partial charge in [0.1, 0.15) is 5.75 Å². The van der Waals surface area contributed by atoms with E-state index in [1.54, 1.807) is 17.6 Å². The number of halogens is 3. The van der Waals surface area contributed by atoms with E-state index < -0.39 is 12.3 Å². The molecule has 0 radical (unpaired) electrons. The molecule has 1 aromatic heterocycles. The van der Waals surface area contributed by atoms with Crippen LogP contribution >= 0.6 is 0 Å². The molecule has 1 fully saturated rings. The second-order valence-corrected chi connectivity index (χ2v) is 5.93. The minimum Gasteiger partial charge on any atom is -0.478 e. The largest absolute Gasteiger partial charge is 0.573 e. The molecule has 0 aliphatic heterocycles. The molecule has 3 rings (SSSR count). The molecule has 0 spiro atoms. The maximum Gasteiger partial charge on any atom is 0.573 e. The highest BCUT2D eigenvalue weighted by Gasteiger charge is 2.33. The van der Waals surface area contributed by atoms with Crippen LogP contribution in [0.5, 0.6) is 5.75 Å². The lowest BCUT2D eigenvalue weighted by Gasteiger charge is -2.16. The number of aromatic nitrogens is 1. The van der Waals surface area contributed by atoms with Gasteiger partial charge in [-0.05, 0) is 43.9 Å². The van der Waals surface area contributed by atoms with Gasteiger partial charge in [-0.1, -0.05) is 12.1 Å². The second kappa shape index (κ2) is 5.89. The number of carboxylic acids is 1. The van der Waals surface area contributed by atoms with Gasteiger partial charge in [0.15, 0.2) is 0 Å². The Labute approximate surface area is 136 Å². The van der Waals surface area contributed by atoms with Crippen LogP contribution in [0.15, 0.2) is 30.3 Å². The Balaban J connectivity index is 2.11. The molecule has 1 aliphatic rings. The van der Waals surface area contributed by atoms with Gasteiger partial charge in [-0.15, -0.1) is 13.2 Å². The van der Waals surface area contributed by atoms with E-state index >= 15 is 0 Å². The van der Waals surface area contributed by atoms with Gasteiger partial charge in [0.2, 0.25) is 0 Å². The highest BCUT2D eigenvalue weighted by atomic mass is 19.4. The lowest BCUT2D eigenvalue weighted by atomic mass is 10.1. The van der Waals surface area contributed by atoms with Gasteiger partial charge in [0.25, 0.3) is 0 Å². The number of ether oxygens (including phenoxy) is 1. The second-order valence-electron chi connectivity index (χ2n) is 5.93. The van der Waals surface area contributed by atoms with Gasteiger partial charge in [-0.3, -0.25) is 0 Å². The molecule has 7 heteroatoms. The molecule has 0 atom stereocenters. The Bertz CT molecular complexity index is 776. The van der Waals surface area contributed by atoms with Crippen LogP contribution in [0.4, 0.5) is 13.2 Å². The van der Waals surface area contributed by atoms with Gasteiger partial charge in [0, 0.05) is 17.8 Å². The fraction of sp³-hybridized carbons (Fsp3) is 0.353. The number of hydrogen-bond donors (Lipinski definition) is 1. The predicted octanol–water partition coefficient (Wildman–Crippen LogP) is 4.47. The Morgan fingerprint density at radius 1 is 1.33 bits per heavy atom. The zero-order valence-electron chi connectivity index (χ0n) is 12.9. The highest BCUT2D eigenvalue weighted by molar-refractivity contribution is 5.91. The van der Waals surface area contributed by atoms with Crippen molar-refractivity contribution in [3.8, 4) is 17.0 Å². The van der Waals surface area contributed by atoms with Crippen LogP contribution in [0, 0.1) is 12.8 Å². The van der Waals surface area contributed by atoms with Gasteiger partial charge in [-0.2, -0.15) is 0 Å². The van der Waals surface area contributed by atoms with Crippen LogP contribution in [0.1, 0.15) is 28.9 Å². The average Bonchev–Trinajstić information content (AvgIpc) is 3.23. The first-order valence-corrected chi connectivity index (χ1v) is 7.55. The first-order valence-electron chi connectivity index (χ1n) is 7.55. The minimum atomic E-state index is -4.81. The first kappa shape index (κ1) is 16.4. The number of carboxylic acid groups (broad SMARTS) is 1. The summed E-state index contributed by atoms with van der Waals surface area (Å²) in [4.78, 5) is 11.4. The highest BCUT2D eigenvalue weighted by Crippen LogP contribution is 2.38. The maximum atomic E-state index is 12.6. The topological polar surface area (TPSA) is 51.5 Å². The van der Waals surface area contributed by atoms with Crippen molar-refractivity contribution in [3.63, 3.8) is 0 Å². The van der Waals surface area contributed by atoms with Gasteiger partial charge >= 0.3 is 12.3 Å². The van der Waals surface area contributed by atoms with Crippen LogP contribution in [-0.4, -0.2) is 22.0 Å². The predicted molar refractivity (Wildman–Crippen MR) is 81.0 cm³/mol. The van der Waals surface area contributed by atoms with Crippen LogP contribution in [-0.2, 0) is 6.54 Å². The minimum absolute atomic E-state index is 0.0902. The molecule has 1 saturated carbocycles. The third-order valence-electron chi connectivity index (χ3n) is 4.12. The van der Waals surface area contributed by atoms with Crippen LogP contribution in [0.25, 0.3) is 11.3 Å². The van der Waals surface area contributed by atoms with Crippen LogP contribution < -0.4 is 4.74 Å². The molecule has 128 valence electrons. The average molecular weight is 339 g/mol.